The number of benzene rings is 2. The molecular weight excluding hydrogens is 491 g/mol. The molecule has 2 saturated heterocycles. The number of nitrogens with one attached hydrogen (secondary N) is 1. The highest BCUT2D eigenvalue weighted by molar-refractivity contribution is 6.00. The first-order valence-electron chi connectivity index (χ1n) is 12.6. The summed E-state index contributed by atoms with van der Waals surface area (Å²) in [5.41, 5.74) is 3.67. The molecule has 6 rings (SSSR count). The highest BCUT2D eigenvalue weighted by Crippen LogP contribution is 2.37. The highest BCUT2D eigenvalue weighted by atomic mass is 19.1. The van der Waals surface area contributed by atoms with Crippen molar-refractivity contribution in [2.24, 2.45) is 0 Å². The van der Waals surface area contributed by atoms with Crippen molar-refractivity contribution in [1.82, 2.24) is 24.6 Å². The van der Waals surface area contributed by atoms with Crippen molar-refractivity contribution >= 4 is 22.5 Å². The summed E-state index contributed by atoms with van der Waals surface area (Å²) in [6.45, 7) is 5.82. The quantitative estimate of drug-likeness (QED) is 0.353. The van der Waals surface area contributed by atoms with E-state index in [4.69, 9.17) is 14.6 Å². The van der Waals surface area contributed by atoms with Crippen LogP contribution in [-0.4, -0.2) is 79.5 Å². The Labute approximate surface area is 218 Å². The molecule has 4 atom stereocenters. The summed E-state index contributed by atoms with van der Waals surface area (Å²) in [6.07, 6.45) is -2.34. The Balaban J connectivity index is 1.41. The van der Waals surface area contributed by atoms with Crippen LogP contribution < -0.4 is 5.32 Å². The van der Waals surface area contributed by atoms with Crippen LogP contribution in [0.2, 0.25) is 0 Å². The lowest BCUT2D eigenvalue weighted by Gasteiger charge is -2.26. The predicted octanol–water partition coefficient (Wildman–Crippen LogP) is 2.85. The number of nitrogens with zero attached hydrogens (tertiary/aromatic N) is 5. The van der Waals surface area contributed by atoms with E-state index in [9.17, 15) is 14.6 Å². The third kappa shape index (κ3) is 4.74. The Morgan fingerprint density at radius 3 is 2.42 bits per heavy atom. The zero-order valence-electron chi connectivity index (χ0n) is 20.9. The van der Waals surface area contributed by atoms with E-state index in [1.165, 1.54) is 28.7 Å². The van der Waals surface area contributed by atoms with Gasteiger partial charge in [-0.1, -0.05) is 24.3 Å². The summed E-state index contributed by atoms with van der Waals surface area (Å²) in [6, 6.07) is 14.1. The first kappa shape index (κ1) is 24.8. The molecule has 0 unspecified atom stereocenters. The van der Waals surface area contributed by atoms with Gasteiger partial charge in [0.1, 0.15) is 35.9 Å². The van der Waals surface area contributed by atoms with Crippen molar-refractivity contribution in [3.8, 4) is 11.3 Å². The van der Waals surface area contributed by atoms with Gasteiger partial charge in [-0.3, -0.25) is 4.90 Å². The number of aromatic nitrogens is 4. The van der Waals surface area contributed by atoms with Crippen LogP contribution in [0, 0.1) is 5.82 Å². The average Bonchev–Trinajstić information content (AvgIpc) is 3.44. The zero-order chi connectivity index (χ0) is 26.2. The number of rotatable bonds is 6. The monoisotopic (exact) mass is 520 g/mol. The molecule has 2 aromatic heterocycles. The largest absolute Gasteiger partial charge is 0.388 e. The number of fused-ring (bicyclic) bond motifs is 1. The fourth-order valence-corrected chi connectivity index (χ4v) is 4.93. The molecule has 4 aromatic rings. The van der Waals surface area contributed by atoms with E-state index in [-0.39, 0.29) is 5.82 Å². The van der Waals surface area contributed by atoms with Gasteiger partial charge in [-0.25, -0.2) is 19.0 Å². The fourth-order valence-electron chi connectivity index (χ4n) is 4.93. The van der Waals surface area contributed by atoms with Gasteiger partial charge < -0.3 is 25.0 Å². The summed E-state index contributed by atoms with van der Waals surface area (Å²) in [7, 11) is 0. The van der Waals surface area contributed by atoms with E-state index in [0.717, 1.165) is 38.4 Å². The second-order valence-electron chi connectivity index (χ2n) is 9.64. The fraction of sp³-hybridized carbons (Fsp3) is 0.370. The number of aliphatic hydroxyl groups excluding tert-OH is 2. The van der Waals surface area contributed by atoms with Gasteiger partial charge in [-0.05, 0) is 36.8 Å². The molecule has 10 nitrogen and oxygen atoms in total. The molecule has 0 amide bonds. The zero-order valence-corrected chi connectivity index (χ0v) is 20.9. The van der Waals surface area contributed by atoms with Crippen LogP contribution in [0.3, 0.4) is 0 Å². The molecule has 3 N–H and O–H groups in total. The molecule has 0 spiro atoms. The van der Waals surface area contributed by atoms with Crippen LogP contribution >= 0.6 is 0 Å². The Hall–Kier alpha value is -3.48. The molecule has 38 heavy (non-hydrogen) atoms. The Morgan fingerprint density at radius 1 is 1.00 bits per heavy atom. The lowest BCUT2D eigenvalue weighted by molar-refractivity contribution is -0.0370. The Kier molecular flexibility index (Phi) is 6.76. The van der Waals surface area contributed by atoms with E-state index in [1.54, 1.807) is 19.1 Å². The molecule has 0 aliphatic carbocycles. The van der Waals surface area contributed by atoms with E-state index >= 15 is 0 Å². The van der Waals surface area contributed by atoms with E-state index in [2.05, 4.69) is 32.3 Å². The van der Waals surface area contributed by atoms with E-state index < -0.39 is 24.5 Å². The number of morpholine rings is 1. The van der Waals surface area contributed by atoms with Crippen LogP contribution in [0.25, 0.3) is 22.3 Å². The van der Waals surface area contributed by atoms with Crippen molar-refractivity contribution in [2.45, 2.75) is 38.0 Å². The summed E-state index contributed by atoms with van der Waals surface area (Å²) < 4.78 is 26.3. The highest BCUT2D eigenvalue weighted by Gasteiger charge is 2.43. The maximum absolute atomic E-state index is 13.5. The lowest BCUT2D eigenvalue weighted by Crippen LogP contribution is -2.35. The van der Waals surface area contributed by atoms with Crippen molar-refractivity contribution in [3.05, 3.63) is 66.2 Å². The number of hydrogen-bond acceptors (Lipinski definition) is 9. The minimum atomic E-state index is -1.18. The Bertz CT molecular complexity index is 1410. The molecule has 0 saturated carbocycles. The number of halogens is 1. The topological polar surface area (TPSA) is 118 Å². The molecular formula is C27H29FN6O4. The first-order chi connectivity index (χ1) is 18.5. The van der Waals surface area contributed by atoms with Gasteiger partial charge in [-0.15, -0.1) is 0 Å². The molecule has 11 heteroatoms. The van der Waals surface area contributed by atoms with Crippen LogP contribution in [0.5, 0.6) is 0 Å². The molecule has 0 radical (unpaired) electrons. The third-order valence-corrected chi connectivity index (χ3v) is 7.05. The lowest BCUT2D eigenvalue weighted by atomic mass is 10.1. The second kappa shape index (κ2) is 10.4. The number of hydrogen-bond donors (Lipinski definition) is 3. The van der Waals surface area contributed by atoms with Crippen LogP contribution in [0.15, 0.2) is 54.9 Å². The van der Waals surface area contributed by atoms with Gasteiger partial charge >= 0.3 is 0 Å². The van der Waals surface area contributed by atoms with Gasteiger partial charge in [0.15, 0.2) is 11.9 Å². The maximum atomic E-state index is 13.5. The smallest absolute Gasteiger partial charge is 0.181 e. The van der Waals surface area contributed by atoms with Crippen molar-refractivity contribution in [1.29, 1.82) is 0 Å². The molecule has 2 aromatic carbocycles. The van der Waals surface area contributed by atoms with Crippen LogP contribution in [0.1, 0.15) is 18.7 Å². The Morgan fingerprint density at radius 2 is 1.74 bits per heavy atom. The van der Waals surface area contributed by atoms with Crippen LogP contribution in [-0.2, 0) is 16.0 Å². The van der Waals surface area contributed by atoms with Gasteiger partial charge in [0.25, 0.3) is 0 Å². The molecule has 198 valence electrons. The van der Waals surface area contributed by atoms with Gasteiger partial charge in [0.05, 0.1) is 24.7 Å². The third-order valence-electron chi connectivity index (χ3n) is 7.05. The molecule has 2 fully saturated rings. The summed E-state index contributed by atoms with van der Waals surface area (Å²) in [5.74, 6) is 0.135. The minimum Gasteiger partial charge on any atom is -0.388 e. The van der Waals surface area contributed by atoms with E-state index in [1.807, 2.05) is 12.1 Å². The summed E-state index contributed by atoms with van der Waals surface area (Å²) in [5, 5.41) is 29.7. The standard InChI is InChI=1S/C27H29FN6O4/c1-16-23(35)24(36)27(38-16)34-26-21(25(29-15-30-26)31-20-8-6-19(28)7-9-20)22(32-34)18-4-2-17(3-5-18)14-33-10-12-37-13-11-33/h2-9,15-16,23-24,27,35-36H,10-14H2,1H3,(H,29,30,31)/t16-,23-,24-,27-/m1/s1. The predicted molar refractivity (Wildman–Crippen MR) is 138 cm³/mol. The summed E-state index contributed by atoms with van der Waals surface area (Å²) in [4.78, 5) is 11.3. The number of aliphatic hydroxyl groups is 2. The van der Waals surface area contributed by atoms with Crippen LogP contribution in [0.4, 0.5) is 15.9 Å². The maximum Gasteiger partial charge on any atom is 0.181 e. The number of ether oxygens (including phenoxy) is 2. The van der Waals surface area contributed by atoms with Crippen molar-refractivity contribution < 1.29 is 24.1 Å². The summed E-state index contributed by atoms with van der Waals surface area (Å²) >= 11 is 0. The van der Waals surface area contributed by atoms with Crippen molar-refractivity contribution in [2.75, 3.05) is 31.6 Å². The van der Waals surface area contributed by atoms with Gasteiger partial charge in [-0.2, -0.15) is 5.10 Å². The van der Waals surface area contributed by atoms with E-state index in [0.29, 0.717) is 28.2 Å². The second-order valence-corrected chi connectivity index (χ2v) is 9.64. The first-order valence-corrected chi connectivity index (χ1v) is 12.6. The molecule has 2 aliphatic rings. The normalized spacial score (nSPS) is 24.2. The van der Waals surface area contributed by atoms with Crippen molar-refractivity contribution in [3.63, 3.8) is 0 Å². The molecule has 2 aliphatic heterocycles. The molecule has 0 bridgehead atoms. The minimum absolute atomic E-state index is 0.339. The molecule has 4 heterocycles. The SMILES string of the molecule is C[C@H]1O[C@@H](n2nc(-c3ccc(CN4CCOCC4)cc3)c3c(Nc4ccc(F)cc4)ncnc32)[C@H](O)[C@@H]1O. The number of anilines is 2. The average molecular weight is 521 g/mol. The van der Waals surface area contributed by atoms with Gasteiger partial charge in [0.2, 0.25) is 0 Å². The van der Waals surface area contributed by atoms with Gasteiger partial charge in [0, 0.05) is 30.9 Å².